The average molecular weight is 317 g/mol. The Kier molecular flexibility index (Phi) is 5.96. The number of amides is 1. The summed E-state index contributed by atoms with van der Waals surface area (Å²) in [7, 11) is 0. The van der Waals surface area contributed by atoms with Gasteiger partial charge in [-0.2, -0.15) is 13.2 Å². The maximum atomic E-state index is 12.8. The molecule has 0 aliphatic rings. The van der Waals surface area contributed by atoms with Gasteiger partial charge in [-0.15, -0.1) is 0 Å². The molecule has 0 saturated carbocycles. The number of halogens is 3. The second-order valence-corrected chi connectivity index (χ2v) is 4.93. The number of nitrogens with zero attached hydrogens (tertiary/aromatic N) is 1. The van der Waals surface area contributed by atoms with E-state index in [4.69, 9.17) is 0 Å². The van der Waals surface area contributed by atoms with Gasteiger partial charge in [-0.1, -0.05) is 25.8 Å². The van der Waals surface area contributed by atoms with Gasteiger partial charge in [0, 0.05) is 12.6 Å². The molecule has 1 aromatic carbocycles. The number of alkyl halides is 3. The molecule has 22 heavy (non-hydrogen) atoms. The van der Waals surface area contributed by atoms with Gasteiger partial charge in [0.2, 0.25) is 5.91 Å². The van der Waals surface area contributed by atoms with E-state index in [1.807, 2.05) is 6.92 Å². The van der Waals surface area contributed by atoms with Gasteiger partial charge in [0.15, 0.2) is 0 Å². The molecule has 0 fully saturated rings. The number of carboxylic acids is 1. The summed E-state index contributed by atoms with van der Waals surface area (Å²) in [5, 5.41) is 9.29. The zero-order chi connectivity index (χ0) is 16.9. The molecule has 0 radical (unpaired) electrons. The highest BCUT2D eigenvalue weighted by Gasteiger charge is 2.33. The molecule has 1 rings (SSSR count). The molecular formula is C15H18F3NO3. The van der Waals surface area contributed by atoms with E-state index < -0.39 is 29.7 Å². The van der Waals surface area contributed by atoms with Crippen LogP contribution in [0.1, 0.15) is 38.7 Å². The van der Waals surface area contributed by atoms with Crippen molar-refractivity contribution >= 4 is 17.6 Å². The number of benzene rings is 1. The van der Waals surface area contributed by atoms with Crippen molar-refractivity contribution in [1.29, 1.82) is 0 Å². The summed E-state index contributed by atoms with van der Waals surface area (Å²) in [6.07, 6.45) is -3.10. The normalized spacial score (nSPS) is 12.8. The number of carbonyl (C=O) groups excluding carboxylic acids is 1. The fourth-order valence-electron chi connectivity index (χ4n) is 2.17. The van der Waals surface area contributed by atoms with Gasteiger partial charge in [-0.25, -0.2) is 4.79 Å². The van der Waals surface area contributed by atoms with E-state index in [2.05, 4.69) is 0 Å². The average Bonchev–Trinajstić information content (AvgIpc) is 2.41. The Bertz CT molecular complexity index is 543. The summed E-state index contributed by atoms with van der Waals surface area (Å²) < 4.78 is 38.3. The van der Waals surface area contributed by atoms with Gasteiger partial charge in [-0.3, -0.25) is 9.69 Å². The molecule has 1 aromatic rings. The van der Waals surface area contributed by atoms with Gasteiger partial charge >= 0.3 is 12.1 Å². The van der Waals surface area contributed by atoms with Crippen LogP contribution in [-0.4, -0.2) is 23.0 Å². The van der Waals surface area contributed by atoms with Crippen LogP contribution in [-0.2, 0) is 15.8 Å². The lowest BCUT2D eigenvalue weighted by Crippen LogP contribution is -2.44. The van der Waals surface area contributed by atoms with E-state index in [1.54, 1.807) is 0 Å². The first kappa shape index (κ1) is 18.0. The molecule has 0 spiro atoms. The van der Waals surface area contributed by atoms with Crippen molar-refractivity contribution in [3.8, 4) is 0 Å². The first-order chi connectivity index (χ1) is 10.2. The molecule has 0 aliphatic carbocycles. The molecule has 0 saturated heterocycles. The quantitative estimate of drug-likeness (QED) is 0.870. The standard InChI is InChI=1S/C15H18F3NO3/c1-3-4-8-13(14(21)22)19(10(2)20)12-7-5-6-11(9-12)15(16,17)18/h5-7,9,13H,3-4,8H2,1-2H3,(H,21,22). The Hall–Kier alpha value is -2.05. The topological polar surface area (TPSA) is 57.6 Å². The minimum Gasteiger partial charge on any atom is -0.480 e. The van der Waals surface area contributed by atoms with Crippen LogP contribution in [0.15, 0.2) is 24.3 Å². The van der Waals surface area contributed by atoms with Crippen molar-refractivity contribution in [2.24, 2.45) is 0 Å². The van der Waals surface area contributed by atoms with E-state index in [9.17, 15) is 27.9 Å². The van der Waals surface area contributed by atoms with Gasteiger partial charge < -0.3 is 5.11 Å². The predicted molar refractivity (Wildman–Crippen MR) is 75.6 cm³/mol. The highest BCUT2D eigenvalue weighted by Crippen LogP contribution is 2.32. The highest BCUT2D eigenvalue weighted by atomic mass is 19.4. The predicted octanol–water partition coefficient (Wildman–Crippen LogP) is 3.70. The van der Waals surface area contributed by atoms with Crippen LogP contribution in [0.5, 0.6) is 0 Å². The third-order valence-corrected chi connectivity index (χ3v) is 3.22. The van der Waals surface area contributed by atoms with Crippen molar-refractivity contribution < 1.29 is 27.9 Å². The van der Waals surface area contributed by atoms with Crippen LogP contribution >= 0.6 is 0 Å². The smallest absolute Gasteiger partial charge is 0.416 e. The molecular weight excluding hydrogens is 299 g/mol. The lowest BCUT2D eigenvalue weighted by molar-refractivity contribution is -0.140. The zero-order valence-corrected chi connectivity index (χ0v) is 12.4. The van der Waals surface area contributed by atoms with Crippen LogP contribution in [0.25, 0.3) is 0 Å². The van der Waals surface area contributed by atoms with Gasteiger partial charge in [0.1, 0.15) is 6.04 Å². The van der Waals surface area contributed by atoms with E-state index in [0.717, 1.165) is 36.4 Å². The number of hydrogen-bond acceptors (Lipinski definition) is 2. The lowest BCUT2D eigenvalue weighted by atomic mass is 10.1. The van der Waals surface area contributed by atoms with E-state index in [0.29, 0.717) is 6.42 Å². The molecule has 0 aromatic heterocycles. The fourth-order valence-corrected chi connectivity index (χ4v) is 2.17. The van der Waals surface area contributed by atoms with Crippen LogP contribution in [0.4, 0.5) is 18.9 Å². The minimum atomic E-state index is -4.55. The molecule has 1 N–H and O–H groups in total. The lowest BCUT2D eigenvalue weighted by Gasteiger charge is -2.28. The zero-order valence-electron chi connectivity index (χ0n) is 12.4. The van der Waals surface area contributed by atoms with Crippen molar-refractivity contribution in [3.63, 3.8) is 0 Å². The van der Waals surface area contributed by atoms with Gasteiger partial charge in [0.25, 0.3) is 0 Å². The second kappa shape index (κ2) is 7.29. The van der Waals surface area contributed by atoms with E-state index >= 15 is 0 Å². The number of hydrogen-bond donors (Lipinski definition) is 1. The Morgan fingerprint density at radius 3 is 2.41 bits per heavy atom. The number of carboxylic acid groups (broad SMARTS) is 1. The maximum Gasteiger partial charge on any atom is 0.416 e. The monoisotopic (exact) mass is 317 g/mol. The van der Waals surface area contributed by atoms with Crippen LogP contribution in [0.3, 0.4) is 0 Å². The van der Waals surface area contributed by atoms with Crippen LogP contribution < -0.4 is 4.90 Å². The number of aliphatic carboxylic acids is 1. The molecule has 7 heteroatoms. The number of anilines is 1. The van der Waals surface area contributed by atoms with Gasteiger partial charge in [0.05, 0.1) is 5.56 Å². The summed E-state index contributed by atoms with van der Waals surface area (Å²) in [6, 6.07) is 2.96. The molecule has 0 bridgehead atoms. The molecule has 0 heterocycles. The largest absolute Gasteiger partial charge is 0.480 e. The summed E-state index contributed by atoms with van der Waals surface area (Å²) in [4.78, 5) is 24.1. The van der Waals surface area contributed by atoms with Crippen molar-refractivity contribution in [2.75, 3.05) is 4.90 Å². The summed E-state index contributed by atoms with van der Waals surface area (Å²) in [5.41, 5.74) is -0.985. The highest BCUT2D eigenvalue weighted by molar-refractivity contribution is 5.97. The van der Waals surface area contributed by atoms with Crippen molar-refractivity contribution in [1.82, 2.24) is 0 Å². The molecule has 1 unspecified atom stereocenters. The third-order valence-electron chi connectivity index (χ3n) is 3.22. The summed E-state index contributed by atoms with van der Waals surface area (Å²) in [6.45, 7) is 3.00. The Labute approximate surface area is 126 Å². The fraction of sp³-hybridized carbons (Fsp3) is 0.467. The molecule has 0 aliphatic heterocycles. The first-order valence-electron chi connectivity index (χ1n) is 6.88. The Morgan fingerprint density at radius 2 is 1.95 bits per heavy atom. The Morgan fingerprint density at radius 1 is 1.32 bits per heavy atom. The Balaban J connectivity index is 3.24. The first-order valence-corrected chi connectivity index (χ1v) is 6.88. The van der Waals surface area contributed by atoms with E-state index in [-0.39, 0.29) is 12.1 Å². The SMILES string of the molecule is CCCCC(C(=O)O)N(C(C)=O)c1cccc(C(F)(F)F)c1. The molecule has 1 atom stereocenters. The summed E-state index contributed by atoms with van der Waals surface area (Å²) in [5.74, 6) is -1.84. The van der Waals surface area contributed by atoms with Crippen LogP contribution in [0, 0.1) is 0 Å². The summed E-state index contributed by atoms with van der Waals surface area (Å²) >= 11 is 0. The number of carbonyl (C=O) groups is 2. The molecule has 4 nitrogen and oxygen atoms in total. The molecule has 1 amide bonds. The van der Waals surface area contributed by atoms with Crippen LogP contribution in [0.2, 0.25) is 0 Å². The minimum absolute atomic E-state index is 0.0640. The van der Waals surface area contributed by atoms with E-state index in [1.165, 1.54) is 6.07 Å². The van der Waals surface area contributed by atoms with Crippen molar-refractivity contribution in [3.05, 3.63) is 29.8 Å². The third kappa shape index (κ3) is 4.47. The van der Waals surface area contributed by atoms with Crippen molar-refractivity contribution in [2.45, 2.75) is 45.3 Å². The number of unbranched alkanes of at least 4 members (excludes halogenated alkanes) is 1. The number of rotatable bonds is 6. The second-order valence-electron chi connectivity index (χ2n) is 4.93. The van der Waals surface area contributed by atoms with Gasteiger partial charge in [-0.05, 0) is 24.6 Å². The molecule has 122 valence electrons. The maximum absolute atomic E-state index is 12.8.